The molecule has 1 saturated heterocycles. The summed E-state index contributed by atoms with van der Waals surface area (Å²) in [5.41, 5.74) is 1.38. The van der Waals surface area contributed by atoms with Gasteiger partial charge in [0.25, 0.3) is 0 Å². The van der Waals surface area contributed by atoms with Gasteiger partial charge in [-0.15, -0.1) is 10.2 Å². The van der Waals surface area contributed by atoms with Gasteiger partial charge in [0, 0.05) is 20.1 Å². The van der Waals surface area contributed by atoms with Crippen molar-refractivity contribution in [2.24, 2.45) is 7.05 Å². The van der Waals surface area contributed by atoms with E-state index in [1.54, 1.807) is 6.33 Å². The summed E-state index contributed by atoms with van der Waals surface area (Å²) in [6.45, 7) is 4.20. The molecule has 0 bridgehead atoms. The van der Waals surface area contributed by atoms with E-state index in [4.69, 9.17) is 4.42 Å². The predicted molar refractivity (Wildman–Crippen MR) is 98.8 cm³/mol. The summed E-state index contributed by atoms with van der Waals surface area (Å²) in [7, 11) is 1.91. The van der Waals surface area contributed by atoms with E-state index in [1.807, 2.05) is 41.9 Å². The summed E-state index contributed by atoms with van der Waals surface area (Å²) in [6, 6.07) is 12.0. The maximum Gasteiger partial charge on any atom is 0.198 e. The number of aromatic nitrogens is 3. The molecule has 6 nitrogen and oxygen atoms in total. The molecule has 0 spiro atoms. The van der Waals surface area contributed by atoms with Crippen LogP contribution < -0.4 is 0 Å². The Balaban J connectivity index is 1.41. The molecule has 1 aliphatic rings. The van der Waals surface area contributed by atoms with E-state index in [2.05, 4.69) is 28.1 Å². The maximum atomic E-state index is 11.1. The van der Waals surface area contributed by atoms with Crippen LogP contribution in [0.5, 0.6) is 0 Å². The molecule has 1 aliphatic heterocycles. The highest BCUT2D eigenvalue weighted by Gasteiger charge is 2.38. The second-order valence-corrected chi connectivity index (χ2v) is 7.83. The van der Waals surface area contributed by atoms with E-state index in [-0.39, 0.29) is 0 Å². The third-order valence-corrected chi connectivity index (χ3v) is 5.82. The lowest BCUT2D eigenvalue weighted by molar-refractivity contribution is 0.0438. The monoisotopic (exact) mass is 370 g/mol. The number of nitrogens with zero attached hydrogens (tertiary/aromatic N) is 4. The van der Waals surface area contributed by atoms with E-state index in [0.29, 0.717) is 13.1 Å². The largest absolute Gasteiger partial charge is 0.453 e. The molecular weight excluding hydrogens is 348 g/mol. The third-order valence-electron chi connectivity index (χ3n) is 4.85. The molecular formula is C19H22N4O2S. The van der Waals surface area contributed by atoms with E-state index in [9.17, 15) is 5.11 Å². The highest BCUT2D eigenvalue weighted by atomic mass is 32.2. The fourth-order valence-electron chi connectivity index (χ4n) is 3.49. The van der Waals surface area contributed by atoms with E-state index in [1.165, 1.54) is 11.8 Å². The van der Waals surface area contributed by atoms with Crippen molar-refractivity contribution in [3.63, 3.8) is 0 Å². The minimum atomic E-state index is -0.784. The number of likely N-dealkylation sites (tertiary alicyclic amines) is 1. The maximum absolute atomic E-state index is 11.1. The van der Waals surface area contributed by atoms with Crippen molar-refractivity contribution >= 4 is 11.8 Å². The lowest BCUT2D eigenvalue weighted by Gasteiger charge is -2.25. The Kier molecular flexibility index (Phi) is 4.60. The minimum Gasteiger partial charge on any atom is -0.453 e. The van der Waals surface area contributed by atoms with Crippen LogP contribution in [-0.2, 0) is 19.2 Å². The molecule has 26 heavy (non-hydrogen) atoms. The van der Waals surface area contributed by atoms with Gasteiger partial charge in [-0.2, -0.15) is 0 Å². The first kappa shape index (κ1) is 17.3. The standard InChI is InChI=1S/C19H22N4O2S/c1-14-5-3-4-6-16(14)19(24)9-10-23(12-19)11-15-7-8-17(25-15)26-18-21-20-13-22(18)2/h3-8,13,24H,9-12H2,1-2H3/t19-/m0/s1. The molecule has 1 atom stereocenters. The van der Waals surface area contributed by atoms with Crippen LogP contribution in [0.1, 0.15) is 23.3 Å². The second-order valence-electron chi connectivity index (χ2n) is 6.85. The molecule has 3 heterocycles. The van der Waals surface area contributed by atoms with Crippen molar-refractivity contribution in [2.75, 3.05) is 13.1 Å². The highest BCUT2D eigenvalue weighted by molar-refractivity contribution is 7.99. The Morgan fingerprint density at radius 1 is 1.27 bits per heavy atom. The van der Waals surface area contributed by atoms with Crippen LogP contribution in [0.4, 0.5) is 0 Å². The molecule has 1 N–H and O–H groups in total. The fraction of sp³-hybridized carbons (Fsp3) is 0.368. The summed E-state index contributed by atoms with van der Waals surface area (Å²) < 4.78 is 7.79. The van der Waals surface area contributed by atoms with Gasteiger partial charge in [-0.05, 0) is 48.4 Å². The molecule has 4 rings (SSSR count). The quantitative estimate of drug-likeness (QED) is 0.745. The molecule has 0 saturated carbocycles. The Labute approximate surface area is 156 Å². The van der Waals surface area contributed by atoms with Crippen molar-refractivity contribution in [3.05, 3.63) is 59.6 Å². The van der Waals surface area contributed by atoms with Crippen molar-refractivity contribution < 1.29 is 9.52 Å². The van der Waals surface area contributed by atoms with Gasteiger partial charge in [-0.25, -0.2) is 0 Å². The van der Waals surface area contributed by atoms with Gasteiger partial charge in [0.2, 0.25) is 0 Å². The molecule has 1 aromatic carbocycles. The number of benzene rings is 1. The summed E-state index contributed by atoms with van der Waals surface area (Å²) in [5.74, 6) is 0.892. The average Bonchev–Trinajstić information content (AvgIpc) is 3.32. The summed E-state index contributed by atoms with van der Waals surface area (Å²) >= 11 is 1.45. The lowest BCUT2D eigenvalue weighted by atomic mass is 9.89. The Morgan fingerprint density at radius 2 is 2.12 bits per heavy atom. The number of furan rings is 1. The molecule has 0 radical (unpaired) electrons. The zero-order valence-corrected chi connectivity index (χ0v) is 15.7. The molecule has 1 fully saturated rings. The van der Waals surface area contributed by atoms with E-state index >= 15 is 0 Å². The van der Waals surface area contributed by atoms with Gasteiger partial charge < -0.3 is 14.1 Å². The van der Waals surface area contributed by atoms with Crippen LogP contribution in [0.25, 0.3) is 0 Å². The predicted octanol–water partition coefficient (Wildman–Crippen LogP) is 2.96. The topological polar surface area (TPSA) is 67.3 Å². The number of hydrogen-bond acceptors (Lipinski definition) is 6. The third kappa shape index (κ3) is 3.42. The van der Waals surface area contributed by atoms with Gasteiger partial charge in [0.05, 0.1) is 6.54 Å². The van der Waals surface area contributed by atoms with Crippen LogP contribution in [0.15, 0.2) is 57.4 Å². The molecule has 0 aliphatic carbocycles. The van der Waals surface area contributed by atoms with Crippen LogP contribution in [-0.4, -0.2) is 37.9 Å². The van der Waals surface area contributed by atoms with Gasteiger partial charge in [0.15, 0.2) is 10.2 Å². The van der Waals surface area contributed by atoms with Crippen LogP contribution in [0, 0.1) is 6.92 Å². The van der Waals surface area contributed by atoms with Crippen LogP contribution in [0.3, 0.4) is 0 Å². The molecule has 2 aromatic heterocycles. The first-order valence-electron chi connectivity index (χ1n) is 8.65. The van der Waals surface area contributed by atoms with Crippen LogP contribution in [0.2, 0.25) is 0 Å². The lowest BCUT2D eigenvalue weighted by Crippen LogP contribution is -2.31. The average molecular weight is 370 g/mol. The van der Waals surface area contributed by atoms with Crippen molar-refractivity contribution in [2.45, 2.75) is 35.7 Å². The SMILES string of the molecule is Cc1ccccc1[C@]1(O)CCN(Cc2ccc(Sc3nncn3C)o2)C1. The first-order valence-corrected chi connectivity index (χ1v) is 9.46. The molecule has 0 amide bonds. The van der Waals surface area contributed by atoms with Gasteiger partial charge in [-0.1, -0.05) is 24.3 Å². The Hall–Kier alpha value is -2.09. The second kappa shape index (κ2) is 6.90. The normalized spacial score (nSPS) is 20.7. The molecule has 136 valence electrons. The van der Waals surface area contributed by atoms with E-state index in [0.717, 1.165) is 40.1 Å². The first-order chi connectivity index (χ1) is 12.5. The Morgan fingerprint density at radius 3 is 2.88 bits per heavy atom. The van der Waals surface area contributed by atoms with E-state index < -0.39 is 5.60 Å². The number of rotatable bonds is 5. The van der Waals surface area contributed by atoms with Crippen LogP contribution >= 0.6 is 11.8 Å². The summed E-state index contributed by atoms with van der Waals surface area (Å²) in [4.78, 5) is 2.24. The van der Waals surface area contributed by atoms with Gasteiger partial charge >= 0.3 is 0 Å². The number of aliphatic hydroxyl groups is 1. The molecule has 7 heteroatoms. The van der Waals surface area contributed by atoms with Crippen molar-refractivity contribution in [1.82, 2.24) is 19.7 Å². The molecule has 3 aromatic rings. The number of hydrogen-bond donors (Lipinski definition) is 1. The zero-order valence-electron chi connectivity index (χ0n) is 14.9. The summed E-state index contributed by atoms with van der Waals surface area (Å²) in [6.07, 6.45) is 2.40. The zero-order chi connectivity index (χ0) is 18.1. The highest BCUT2D eigenvalue weighted by Crippen LogP contribution is 2.35. The van der Waals surface area contributed by atoms with Gasteiger partial charge in [0.1, 0.15) is 17.7 Å². The Bertz CT molecular complexity index is 906. The number of β-amino-alcohol motifs (C(OH)–C–C–N with tert-alkyl or cyclic N) is 1. The molecule has 0 unspecified atom stereocenters. The number of aryl methyl sites for hydroxylation is 2. The summed E-state index contributed by atoms with van der Waals surface area (Å²) in [5, 5.41) is 20.6. The smallest absolute Gasteiger partial charge is 0.198 e. The van der Waals surface area contributed by atoms with Crippen molar-refractivity contribution in [3.8, 4) is 0 Å². The minimum absolute atomic E-state index is 0.615. The van der Waals surface area contributed by atoms with Gasteiger partial charge in [-0.3, -0.25) is 4.90 Å². The van der Waals surface area contributed by atoms with Crippen molar-refractivity contribution in [1.29, 1.82) is 0 Å². The fourth-order valence-corrected chi connectivity index (χ4v) is 4.24.